The lowest BCUT2D eigenvalue weighted by Gasteiger charge is -2.28. The maximum absolute atomic E-state index is 12.4. The molecule has 3 amide bonds. The number of benzene rings is 1. The average molecular weight is 427 g/mol. The molecular weight excluding hydrogens is 396 g/mol. The zero-order chi connectivity index (χ0) is 20.5. The SMILES string of the molecule is CC(C(=O)NC(=O)NCc1ccccc1)N1CCCC(N(C)CC(=O)O)CC1.Cl. The van der Waals surface area contributed by atoms with E-state index in [9.17, 15) is 14.4 Å². The summed E-state index contributed by atoms with van der Waals surface area (Å²) in [6.07, 6.45) is 2.57. The Kier molecular flexibility index (Phi) is 10.6. The minimum atomic E-state index is -0.835. The van der Waals surface area contributed by atoms with Crippen molar-refractivity contribution in [3.8, 4) is 0 Å². The third-order valence-corrected chi connectivity index (χ3v) is 5.20. The molecule has 1 fully saturated rings. The van der Waals surface area contributed by atoms with Crippen molar-refractivity contribution in [2.45, 2.75) is 44.8 Å². The number of aliphatic carboxylic acids is 1. The molecule has 1 aliphatic rings. The lowest BCUT2D eigenvalue weighted by atomic mass is 10.1. The summed E-state index contributed by atoms with van der Waals surface area (Å²) in [7, 11) is 1.82. The van der Waals surface area contributed by atoms with Gasteiger partial charge < -0.3 is 10.4 Å². The molecule has 1 aromatic carbocycles. The third-order valence-electron chi connectivity index (χ3n) is 5.20. The summed E-state index contributed by atoms with van der Waals surface area (Å²) in [5.74, 6) is -1.17. The number of likely N-dealkylation sites (N-methyl/N-ethyl adjacent to an activating group) is 1. The Morgan fingerprint density at radius 2 is 1.90 bits per heavy atom. The highest BCUT2D eigenvalue weighted by Gasteiger charge is 2.27. The molecule has 9 heteroatoms. The van der Waals surface area contributed by atoms with Gasteiger partial charge in [0.25, 0.3) is 0 Å². The van der Waals surface area contributed by atoms with Gasteiger partial charge >= 0.3 is 12.0 Å². The van der Waals surface area contributed by atoms with Crippen LogP contribution >= 0.6 is 12.4 Å². The van der Waals surface area contributed by atoms with Gasteiger partial charge in [0.05, 0.1) is 12.6 Å². The number of halogens is 1. The van der Waals surface area contributed by atoms with Gasteiger partial charge in [-0.3, -0.25) is 24.7 Å². The van der Waals surface area contributed by atoms with Gasteiger partial charge in [-0.25, -0.2) is 4.79 Å². The molecule has 0 aromatic heterocycles. The zero-order valence-corrected chi connectivity index (χ0v) is 17.8. The number of carboxylic acid groups (broad SMARTS) is 1. The summed E-state index contributed by atoms with van der Waals surface area (Å²) in [4.78, 5) is 39.2. The van der Waals surface area contributed by atoms with E-state index in [1.807, 2.05) is 42.3 Å². The lowest BCUT2D eigenvalue weighted by molar-refractivity contribution is -0.138. The molecule has 2 atom stereocenters. The number of amides is 3. The van der Waals surface area contributed by atoms with Crippen LogP contribution in [-0.4, -0.2) is 71.6 Å². The van der Waals surface area contributed by atoms with Crippen LogP contribution in [0.5, 0.6) is 0 Å². The number of carbonyl (C=O) groups is 3. The molecule has 2 unspecified atom stereocenters. The number of nitrogens with one attached hydrogen (secondary N) is 2. The first-order valence-corrected chi connectivity index (χ1v) is 9.65. The van der Waals surface area contributed by atoms with E-state index in [1.165, 1.54) is 0 Å². The maximum Gasteiger partial charge on any atom is 0.321 e. The molecule has 162 valence electrons. The first kappa shape index (κ1) is 24.9. The van der Waals surface area contributed by atoms with Crippen LogP contribution in [0.3, 0.4) is 0 Å². The van der Waals surface area contributed by atoms with Crippen LogP contribution in [0.2, 0.25) is 0 Å². The Bertz CT molecular complexity index is 674. The van der Waals surface area contributed by atoms with Crippen LogP contribution < -0.4 is 10.6 Å². The molecule has 0 spiro atoms. The van der Waals surface area contributed by atoms with Gasteiger partial charge in [0.2, 0.25) is 5.91 Å². The number of hydrogen-bond acceptors (Lipinski definition) is 5. The highest BCUT2D eigenvalue weighted by atomic mass is 35.5. The molecule has 0 aliphatic carbocycles. The van der Waals surface area contributed by atoms with Crippen molar-refractivity contribution >= 4 is 30.3 Å². The fourth-order valence-corrected chi connectivity index (χ4v) is 3.48. The van der Waals surface area contributed by atoms with Gasteiger partial charge in [-0.05, 0) is 45.3 Å². The van der Waals surface area contributed by atoms with Crippen molar-refractivity contribution < 1.29 is 19.5 Å². The van der Waals surface area contributed by atoms with E-state index < -0.39 is 18.0 Å². The van der Waals surface area contributed by atoms with E-state index in [0.717, 1.165) is 31.4 Å². The molecule has 1 saturated heterocycles. The quantitative estimate of drug-likeness (QED) is 0.613. The minimum Gasteiger partial charge on any atom is -0.480 e. The van der Waals surface area contributed by atoms with Gasteiger partial charge in [0, 0.05) is 19.1 Å². The fourth-order valence-electron chi connectivity index (χ4n) is 3.48. The Balaban J connectivity index is 0.00000420. The van der Waals surface area contributed by atoms with Gasteiger partial charge in [-0.1, -0.05) is 30.3 Å². The number of carboxylic acids is 1. The number of imide groups is 1. The molecule has 0 radical (unpaired) electrons. The smallest absolute Gasteiger partial charge is 0.321 e. The molecule has 2 rings (SSSR count). The van der Waals surface area contributed by atoms with Gasteiger partial charge in [0.1, 0.15) is 0 Å². The summed E-state index contributed by atoms with van der Waals surface area (Å²) in [6.45, 7) is 3.60. The Labute approximate surface area is 178 Å². The average Bonchev–Trinajstić information content (AvgIpc) is 2.92. The second-order valence-electron chi connectivity index (χ2n) is 7.26. The topological polar surface area (TPSA) is 102 Å². The minimum absolute atomic E-state index is 0. The molecule has 29 heavy (non-hydrogen) atoms. The molecule has 0 saturated carbocycles. The highest BCUT2D eigenvalue weighted by molar-refractivity contribution is 5.96. The van der Waals surface area contributed by atoms with Crippen LogP contribution in [0.25, 0.3) is 0 Å². The second-order valence-corrected chi connectivity index (χ2v) is 7.26. The highest BCUT2D eigenvalue weighted by Crippen LogP contribution is 2.17. The summed E-state index contributed by atoms with van der Waals surface area (Å²) < 4.78 is 0. The van der Waals surface area contributed by atoms with E-state index in [-0.39, 0.29) is 30.9 Å². The number of likely N-dealkylation sites (tertiary alicyclic amines) is 1. The molecule has 1 aliphatic heterocycles. The van der Waals surface area contributed by atoms with E-state index in [2.05, 4.69) is 15.5 Å². The van der Waals surface area contributed by atoms with Crippen molar-refractivity contribution in [1.82, 2.24) is 20.4 Å². The Hall–Kier alpha value is -2.16. The third kappa shape index (κ3) is 8.39. The van der Waals surface area contributed by atoms with Crippen LogP contribution in [0.1, 0.15) is 31.7 Å². The predicted octanol–water partition coefficient (Wildman–Crippen LogP) is 1.69. The number of carbonyl (C=O) groups excluding carboxylic acids is 2. The molecular formula is C20H31ClN4O4. The van der Waals surface area contributed by atoms with Crippen molar-refractivity contribution in [3.05, 3.63) is 35.9 Å². The van der Waals surface area contributed by atoms with Gasteiger partial charge in [-0.2, -0.15) is 0 Å². The first-order valence-electron chi connectivity index (χ1n) is 9.65. The van der Waals surface area contributed by atoms with E-state index >= 15 is 0 Å². The molecule has 1 aromatic rings. The predicted molar refractivity (Wildman–Crippen MR) is 113 cm³/mol. The molecule has 0 bridgehead atoms. The largest absolute Gasteiger partial charge is 0.480 e. The number of urea groups is 1. The van der Waals surface area contributed by atoms with E-state index in [4.69, 9.17) is 5.11 Å². The van der Waals surface area contributed by atoms with E-state index in [1.54, 1.807) is 6.92 Å². The number of nitrogens with zero attached hydrogens (tertiary/aromatic N) is 2. The van der Waals surface area contributed by atoms with Crippen molar-refractivity contribution in [1.29, 1.82) is 0 Å². The first-order chi connectivity index (χ1) is 13.4. The summed E-state index contributed by atoms with van der Waals surface area (Å²) in [6, 6.07) is 8.75. The van der Waals surface area contributed by atoms with Crippen molar-refractivity contribution in [2.75, 3.05) is 26.7 Å². The maximum atomic E-state index is 12.4. The van der Waals surface area contributed by atoms with Gasteiger partial charge in [0.15, 0.2) is 0 Å². The summed E-state index contributed by atoms with van der Waals surface area (Å²) in [5.41, 5.74) is 0.960. The van der Waals surface area contributed by atoms with Crippen LogP contribution in [0.15, 0.2) is 30.3 Å². The summed E-state index contributed by atoms with van der Waals surface area (Å²) in [5, 5.41) is 14.1. The van der Waals surface area contributed by atoms with Gasteiger partial charge in [-0.15, -0.1) is 12.4 Å². The number of hydrogen-bond donors (Lipinski definition) is 3. The van der Waals surface area contributed by atoms with Crippen molar-refractivity contribution in [3.63, 3.8) is 0 Å². The van der Waals surface area contributed by atoms with Crippen LogP contribution in [0, 0.1) is 0 Å². The zero-order valence-electron chi connectivity index (χ0n) is 17.0. The monoisotopic (exact) mass is 426 g/mol. The molecule has 8 nitrogen and oxygen atoms in total. The number of rotatable bonds is 7. The second kappa shape index (κ2) is 12.4. The van der Waals surface area contributed by atoms with Crippen LogP contribution in [-0.2, 0) is 16.1 Å². The van der Waals surface area contributed by atoms with E-state index in [0.29, 0.717) is 13.1 Å². The van der Waals surface area contributed by atoms with Crippen LogP contribution in [0.4, 0.5) is 4.79 Å². The normalized spacial score (nSPS) is 18.2. The Morgan fingerprint density at radius 3 is 2.55 bits per heavy atom. The standard InChI is InChI=1S/C20H30N4O4.ClH/c1-15(19(27)22-20(28)21-13-16-7-4-3-5-8-16)24-11-6-9-17(10-12-24)23(2)14-18(25)26;/h3-5,7-8,15,17H,6,9-14H2,1-2H3,(H,25,26)(H2,21,22,27,28);1H. The summed E-state index contributed by atoms with van der Waals surface area (Å²) >= 11 is 0. The Morgan fingerprint density at radius 1 is 1.21 bits per heavy atom. The lowest BCUT2D eigenvalue weighted by Crippen LogP contribution is -2.50. The molecule has 1 heterocycles. The van der Waals surface area contributed by atoms with Crippen molar-refractivity contribution in [2.24, 2.45) is 0 Å². The molecule has 3 N–H and O–H groups in total. The fraction of sp³-hybridized carbons (Fsp3) is 0.550.